The van der Waals surface area contributed by atoms with Crippen molar-refractivity contribution in [1.82, 2.24) is 30.2 Å². The Morgan fingerprint density at radius 2 is 1.82 bits per heavy atom. The van der Waals surface area contributed by atoms with E-state index in [0.717, 1.165) is 55.2 Å². The predicted octanol–water partition coefficient (Wildman–Crippen LogP) is 2.96. The van der Waals surface area contributed by atoms with E-state index in [2.05, 4.69) is 46.9 Å². The molecule has 0 unspecified atom stereocenters. The van der Waals surface area contributed by atoms with Gasteiger partial charge in [-0.05, 0) is 81.2 Å². The lowest BCUT2D eigenvalue weighted by molar-refractivity contribution is -0.146. The third-order valence-corrected chi connectivity index (χ3v) is 9.62. The van der Waals surface area contributed by atoms with Gasteiger partial charge >= 0.3 is 0 Å². The number of likely N-dealkylation sites (tertiary alicyclic amines) is 2. The second-order valence-electron chi connectivity index (χ2n) is 12.7. The number of carbonyl (C=O) groups is 3. The summed E-state index contributed by atoms with van der Waals surface area (Å²) in [6.45, 7) is 5.08. The molecule has 10 heteroatoms. The molecule has 10 nitrogen and oxygen atoms in total. The maximum atomic E-state index is 14.3. The number of benzene rings is 2. The van der Waals surface area contributed by atoms with Gasteiger partial charge in [0.15, 0.2) is 0 Å². The van der Waals surface area contributed by atoms with Gasteiger partial charge in [-0.1, -0.05) is 29.8 Å². The molecule has 6 rings (SSSR count). The number of fused-ring (bicyclic) bond motifs is 1. The van der Waals surface area contributed by atoms with E-state index in [1.54, 1.807) is 22.9 Å². The average Bonchev–Trinajstić information content (AvgIpc) is 3.81. The summed E-state index contributed by atoms with van der Waals surface area (Å²) in [5.41, 5.74) is 4.19. The van der Waals surface area contributed by atoms with Gasteiger partial charge in [-0.3, -0.25) is 19.1 Å². The van der Waals surface area contributed by atoms with Crippen molar-refractivity contribution >= 4 is 28.6 Å². The standard InChI is InChI=1S/C34H44N6O4/c1-22-8-10-23(11-9-22)15-25-17-28(32(41)36-19-24-16-26-20-37-38(2)31(26)29(18-24)44-3)40(21-25)34(43)30-27(7-6-12-35-30)33(42)39-13-4-5-14-39/h8-11,16,18,20,25,27-28,30,35H,4-7,12-15,17,19,21H2,1-3H3,(H,36,41)/t25-,27+,28+,30-/m1/s1. The van der Waals surface area contributed by atoms with Gasteiger partial charge in [-0.15, -0.1) is 0 Å². The van der Waals surface area contributed by atoms with E-state index in [0.29, 0.717) is 38.2 Å². The number of methoxy groups -OCH3 is 1. The fraction of sp³-hybridized carbons (Fsp3) is 0.529. The van der Waals surface area contributed by atoms with Gasteiger partial charge < -0.3 is 25.2 Å². The highest BCUT2D eigenvalue weighted by atomic mass is 16.5. The maximum absolute atomic E-state index is 14.3. The minimum Gasteiger partial charge on any atom is -0.494 e. The second kappa shape index (κ2) is 13.0. The summed E-state index contributed by atoms with van der Waals surface area (Å²) < 4.78 is 7.38. The number of rotatable bonds is 8. The van der Waals surface area contributed by atoms with Gasteiger partial charge in [0.2, 0.25) is 17.7 Å². The molecule has 3 amide bonds. The lowest BCUT2D eigenvalue weighted by Gasteiger charge is -2.36. The smallest absolute Gasteiger partial charge is 0.243 e. The summed E-state index contributed by atoms with van der Waals surface area (Å²) in [5, 5.41) is 11.8. The first-order chi connectivity index (χ1) is 21.3. The topological polar surface area (TPSA) is 109 Å². The van der Waals surface area contributed by atoms with E-state index in [-0.39, 0.29) is 23.6 Å². The Hall–Kier alpha value is -3.92. The molecule has 0 saturated carbocycles. The molecule has 3 aromatic rings. The number of hydrogen-bond acceptors (Lipinski definition) is 6. The number of aryl methyl sites for hydroxylation is 2. The molecule has 3 aliphatic heterocycles. The summed E-state index contributed by atoms with van der Waals surface area (Å²) in [7, 11) is 3.50. The van der Waals surface area contributed by atoms with Crippen LogP contribution in [-0.4, -0.2) is 82.7 Å². The van der Waals surface area contributed by atoms with Crippen LogP contribution >= 0.6 is 0 Å². The molecule has 2 aromatic carbocycles. The van der Waals surface area contributed by atoms with E-state index in [1.807, 2.05) is 24.1 Å². The zero-order chi connectivity index (χ0) is 30.8. The number of aromatic nitrogens is 2. The molecule has 0 spiro atoms. The van der Waals surface area contributed by atoms with Gasteiger partial charge in [0.1, 0.15) is 17.3 Å². The number of hydrogen-bond donors (Lipinski definition) is 2. The second-order valence-corrected chi connectivity index (χ2v) is 12.7. The van der Waals surface area contributed by atoms with Crippen LogP contribution in [-0.2, 0) is 34.4 Å². The van der Waals surface area contributed by atoms with Crippen LogP contribution in [0.15, 0.2) is 42.6 Å². The Morgan fingerprint density at radius 1 is 1.05 bits per heavy atom. The van der Waals surface area contributed by atoms with Gasteiger partial charge in [-0.2, -0.15) is 5.10 Å². The quantitative estimate of drug-likeness (QED) is 0.412. The fourth-order valence-corrected chi connectivity index (χ4v) is 7.29. The summed E-state index contributed by atoms with van der Waals surface area (Å²) in [5.74, 6) is 0.206. The molecule has 4 heterocycles. The molecule has 44 heavy (non-hydrogen) atoms. The summed E-state index contributed by atoms with van der Waals surface area (Å²) in [6.07, 6.45) is 6.73. The highest BCUT2D eigenvalue weighted by molar-refractivity contribution is 5.94. The highest BCUT2D eigenvalue weighted by Gasteiger charge is 2.46. The third-order valence-electron chi connectivity index (χ3n) is 9.62. The average molecular weight is 601 g/mol. The Bertz CT molecular complexity index is 1510. The molecule has 0 aliphatic carbocycles. The molecule has 1 aromatic heterocycles. The minimum absolute atomic E-state index is 0.0733. The van der Waals surface area contributed by atoms with E-state index >= 15 is 0 Å². The van der Waals surface area contributed by atoms with Crippen molar-refractivity contribution in [3.05, 3.63) is 59.3 Å². The number of piperidine rings is 1. The predicted molar refractivity (Wildman–Crippen MR) is 168 cm³/mol. The van der Waals surface area contributed by atoms with Crippen molar-refractivity contribution in [3.63, 3.8) is 0 Å². The van der Waals surface area contributed by atoms with Crippen LogP contribution in [0.5, 0.6) is 5.75 Å². The van der Waals surface area contributed by atoms with Gasteiger partial charge in [-0.25, -0.2) is 0 Å². The number of nitrogens with zero attached hydrogens (tertiary/aromatic N) is 4. The molecular formula is C34H44N6O4. The van der Waals surface area contributed by atoms with Crippen molar-refractivity contribution in [2.24, 2.45) is 18.9 Å². The molecule has 4 atom stereocenters. The van der Waals surface area contributed by atoms with Gasteiger partial charge in [0.05, 0.1) is 25.3 Å². The van der Waals surface area contributed by atoms with E-state index in [1.165, 1.54) is 11.1 Å². The van der Waals surface area contributed by atoms with Crippen LogP contribution in [0.25, 0.3) is 10.9 Å². The monoisotopic (exact) mass is 600 g/mol. The van der Waals surface area contributed by atoms with E-state index in [9.17, 15) is 14.4 Å². The molecule has 3 aliphatic rings. The molecule has 3 saturated heterocycles. The summed E-state index contributed by atoms with van der Waals surface area (Å²) in [6, 6.07) is 11.2. The molecule has 0 bridgehead atoms. The Morgan fingerprint density at radius 3 is 2.57 bits per heavy atom. The summed E-state index contributed by atoms with van der Waals surface area (Å²) in [4.78, 5) is 45.3. The fourth-order valence-electron chi connectivity index (χ4n) is 7.29. The Kier molecular flexibility index (Phi) is 8.88. The van der Waals surface area contributed by atoms with Crippen LogP contribution in [0.2, 0.25) is 0 Å². The van der Waals surface area contributed by atoms with Crippen LogP contribution in [0.1, 0.15) is 48.8 Å². The Balaban J connectivity index is 1.21. The lowest BCUT2D eigenvalue weighted by Crippen LogP contribution is -2.59. The van der Waals surface area contributed by atoms with Crippen LogP contribution in [0.4, 0.5) is 0 Å². The van der Waals surface area contributed by atoms with Crippen molar-refractivity contribution in [3.8, 4) is 5.75 Å². The zero-order valence-electron chi connectivity index (χ0n) is 26.1. The van der Waals surface area contributed by atoms with Crippen LogP contribution in [0.3, 0.4) is 0 Å². The van der Waals surface area contributed by atoms with Crippen LogP contribution < -0.4 is 15.4 Å². The van der Waals surface area contributed by atoms with Crippen molar-refractivity contribution in [1.29, 1.82) is 0 Å². The summed E-state index contributed by atoms with van der Waals surface area (Å²) >= 11 is 0. The maximum Gasteiger partial charge on any atom is 0.243 e. The number of ether oxygens (including phenoxy) is 1. The Labute approximate surface area is 259 Å². The molecule has 234 valence electrons. The number of nitrogens with one attached hydrogen (secondary N) is 2. The van der Waals surface area contributed by atoms with E-state index in [4.69, 9.17) is 4.74 Å². The molecular weight excluding hydrogens is 556 g/mol. The third kappa shape index (κ3) is 6.18. The first-order valence-electron chi connectivity index (χ1n) is 16.0. The van der Waals surface area contributed by atoms with E-state index < -0.39 is 18.0 Å². The van der Waals surface area contributed by atoms with Gasteiger partial charge in [0, 0.05) is 38.6 Å². The lowest BCUT2D eigenvalue weighted by atomic mass is 9.88. The van der Waals surface area contributed by atoms with Crippen molar-refractivity contribution < 1.29 is 19.1 Å². The SMILES string of the molecule is COc1cc(CNC(=O)[C@@H]2C[C@@H](Cc3ccc(C)cc3)CN2C(=O)[C@@H]2NCCC[C@@H]2C(=O)N2CCCC2)cc2cnn(C)c12. The highest BCUT2D eigenvalue weighted by Crippen LogP contribution is 2.31. The number of carbonyl (C=O) groups excluding carboxylic acids is 3. The normalized spacial score (nSPS) is 23.7. The zero-order valence-corrected chi connectivity index (χ0v) is 26.1. The number of amides is 3. The largest absolute Gasteiger partial charge is 0.494 e. The van der Waals surface area contributed by atoms with Gasteiger partial charge in [0.25, 0.3) is 0 Å². The van der Waals surface area contributed by atoms with Crippen LogP contribution in [0, 0.1) is 18.8 Å². The molecule has 0 radical (unpaired) electrons. The molecule has 2 N–H and O–H groups in total. The molecule has 3 fully saturated rings. The van der Waals surface area contributed by atoms with Crippen molar-refractivity contribution in [2.45, 2.75) is 64.1 Å². The first-order valence-corrected chi connectivity index (χ1v) is 16.0. The first kappa shape index (κ1) is 30.1. The minimum atomic E-state index is -0.609. The van der Waals surface area contributed by atoms with Crippen molar-refractivity contribution in [2.75, 3.05) is 33.3 Å².